The lowest BCUT2D eigenvalue weighted by atomic mass is 10.0. The number of hydrogen-bond acceptors (Lipinski definition) is 6. The normalized spacial score (nSPS) is 15.2. The third-order valence-corrected chi connectivity index (χ3v) is 4.51. The number of nitrogens with one attached hydrogen (secondary N) is 3. The molecule has 0 saturated carbocycles. The van der Waals surface area contributed by atoms with Crippen LogP contribution in [-0.4, -0.2) is 64.0 Å². The van der Waals surface area contributed by atoms with Crippen molar-refractivity contribution in [1.82, 2.24) is 10.6 Å². The monoisotopic (exact) mass is 393 g/mol. The first-order valence-electron chi connectivity index (χ1n) is 9.78. The molecule has 1 fully saturated rings. The summed E-state index contributed by atoms with van der Waals surface area (Å²) in [4.78, 5) is 14.8. The highest BCUT2D eigenvalue weighted by atomic mass is 16.6. The minimum Gasteiger partial charge on any atom is -0.381 e. The average molecular weight is 393 g/mol. The highest BCUT2D eigenvalue weighted by Crippen LogP contribution is 2.22. The summed E-state index contributed by atoms with van der Waals surface area (Å²) in [5.41, 5.74) is 0.588. The third-order valence-electron chi connectivity index (χ3n) is 4.51. The van der Waals surface area contributed by atoms with Gasteiger partial charge >= 0.3 is 0 Å². The van der Waals surface area contributed by atoms with Crippen LogP contribution in [0.25, 0.3) is 0 Å². The van der Waals surface area contributed by atoms with Crippen LogP contribution in [0.2, 0.25) is 0 Å². The summed E-state index contributed by atoms with van der Waals surface area (Å²) in [5.74, 6) is 1.33. The summed E-state index contributed by atoms with van der Waals surface area (Å²) >= 11 is 0. The Balaban J connectivity index is 1.53. The lowest BCUT2D eigenvalue weighted by molar-refractivity contribution is -0.384. The van der Waals surface area contributed by atoms with Crippen molar-refractivity contribution in [1.29, 1.82) is 0 Å². The second-order valence-electron chi connectivity index (χ2n) is 6.61. The number of anilines is 1. The number of rotatable bonds is 11. The van der Waals surface area contributed by atoms with Gasteiger partial charge in [-0.1, -0.05) is 12.1 Å². The fourth-order valence-corrected chi connectivity index (χ4v) is 2.93. The molecule has 0 bridgehead atoms. The molecule has 2 rings (SSSR count). The second-order valence-corrected chi connectivity index (χ2v) is 6.61. The zero-order chi connectivity index (χ0) is 20.0. The van der Waals surface area contributed by atoms with Gasteiger partial charge in [0.25, 0.3) is 5.69 Å². The molecule has 0 aromatic heterocycles. The van der Waals surface area contributed by atoms with E-state index in [0.29, 0.717) is 30.7 Å². The Labute approximate surface area is 166 Å². The van der Waals surface area contributed by atoms with E-state index in [1.165, 1.54) is 6.07 Å². The first-order chi connectivity index (χ1) is 13.7. The minimum atomic E-state index is -0.389. The molecule has 0 spiro atoms. The molecule has 3 N–H and O–H groups in total. The molecule has 0 atom stereocenters. The summed E-state index contributed by atoms with van der Waals surface area (Å²) in [5, 5.41) is 20.5. The lowest BCUT2D eigenvalue weighted by Crippen LogP contribution is -2.40. The Hall–Kier alpha value is -2.39. The highest BCUT2D eigenvalue weighted by Gasteiger charge is 2.13. The zero-order valence-corrected chi connectivity index (χ0v) is 16.5. The maximum atomic E-state index is 11.0. The summed E-state index contributed by atoms with van der Waals surface area (Å²) in [6.07, 6.45) is 3.09. The van der Waals surface area contributed by atoms with E-state index in [0.717, 1.165) is 52.2 Å². The molecule has 1 aromatic rings. The largest absolute Gasteiger partial charge is 0.381 e. The van der Waals surface area contributed by atoms with E-state index in [9.17, 15) is 10.1 Å². The molecular weight excluding hydrogens is 362 g/mol. The fraction of sp³-hybridized carbons (Fsp3) is 0.632. The Morgan fingerprint density at radius 2 is 2.00 bits per heavy atom. The van der Waals surface area contributed by atoms with Crippen LogP contribution in [0.3, 0.4) is 0 Å². The summed E-state index contributed by atoms with van der Waals surface area (Å²) in [7, 11) is 1.71. The van der Waals surface area contributed by atoms with Crippen LogP contribution >= 0.6 is 0 Å². The number of guanidine groups is 1. The number of aliphatic imine (C=N–C) groups is 1. The Kier molecular flexibility index (Phi) is 10.1. The van der Waals surface area contributed by atoms with Crippen molar-refractivity contribution in [2.75, 3.05) is 58.4 Å². The number of benzene rings is 1. The van der Waals surface area contributed by atoms with Crippen molar-refractivity contribution in [2.45, 2.75) is 19.3 Å². The molecule has 0 unspecified atom stereocenters. The van der Waals surface area contributed by atoms with Gasteiger partial charge in [-0.15, -0.1) is 0 Å². The molecule has 28 heavy (non-hydrogen) atoms. The highest BCUT2D eigenvalue weighted by molar-refractivity contribution is 5.79. The molecule has 9 heteroatoms. The predicted octanol–water partition coefficient (Wildman–Crippen LogP) is 2.00. The summed E-state index contributed by atoms with van der Waals surface area (Å²) < 4.78 is 11.1. The van der Waals surface area contributed by atoms with Gasteiger partial charge in [0.2, 0.25) is 0 Å². The van der Waals surface area contributed by atoms with Gasteiger partial charge in [-0.05, 0) is 31.2 Å². The molecule has 1 aliphatic rings. The minimum absolute atomic E-state index is 0.0748. The molecule has 156 valence electrons. The summed E-state index contributed by atoms with van der Waals surface area (Å²) in [6, 6.07) is 6.61. The van der Waals surface area contributed by atoms with E-state index in [1.54, 1.807) is 25.2 Å². The van der Waals surface area contributed by atoms with Crippen molar-refractivity contribution >= 4 is 17.3 Å². The summed E-state index contributed by atoms with van der Waals surface area (Å²) in [6.45, 7) is 5.14. The third kappa shape index (κ3) is 8.10. The van der Waals surface area contributed by atoms with Crippen molar-refractivity contribution in [3.63, 3.8) is 0 Å². The van der Waals surface area contributed by atoms with Crippen LogP contribution in [0.4, 0.5) is 11.4 Å². The van der Waals surface area contributed by atoms with Gasteiger partial charge in [0.15, 0.2) is 5.96 Å². The van der Waals surface area contributed by atoms with Gasteiger partial charge in [-0.3, -0.25) is 15.1 Å². The molecule has 0 radical (unpaired) electrons. The molecule has 1 heterocycles. The predicted molar refractivity (Wildman–Crippen MR) is 110 cm³/mol. The van der Waals surface area contributed by atoms with Crippen molar-refractivity contribution in [2.24, 2.45) is 10.9 Å². The van der Waals surface area contributed by atoms with Crippen LogP contribution < -0.4 is 16.0 Å². The van der Waals surface area contributed by atoms with Crippen LogP contribution in [0, 0.1) is 16.0 Å². The number of para-hydroxylation sites is 2. The molecule has 9 nitrogen and oxygen atoms in total. The standard InChI is InChI=1S/C19H31N5O4/c1-20-19(22-9-4-12-28-15-16-7-13-27-14-8-16)23-11-10-21-17-5-2-3-6-18(17)24(25)26/h2-3,5-6,16,21H,4,7-15H2,1H3,(H2,20,22,23). The maximum absolute atomic E-state index is 11.0. The fourth-order valence-electron chi connectivity index (χ4n) is 2.93. The van der Waals surface area contributed by atoms with Crippen LogP contribution in [0.5, 0.6) is 0 Å². The van der Waals surface area contributed by atoms with Gasteiger partial charge in [0.05, 0.1) is 4.92 Å². The lowest BCUT2D eigenvalue weighted by Gasteiger charge is -2.21. The van der Waals surface area contributed by atoms with E-state index in [-0.39, 0.29) is 10.6 Å². The number of nitro groups is 1. The quantitative estimate of drug-likeness (QED) is 0.173. The maximum Gasteiger partial charge on any atom is 0.292 e. The van der Waals surface area contributed by atoms with Crippen molar-refractivity contribution < 1.29 is 14.4 Å². The average Bonchev–Trinajstić information content (AvgIpc) is 2.73. The number of nitrogens with zero attached hydrogens (tertiary/aromatic N) is 2. The SMILES string of the molecule is CN=C(NCCCOCC1CCOCC1)NCCNc1ccccc1[N+](=O)[O-]. The second kappa shape index (κ2) is 12.9. The topological polar surface area (TPSA) is 110 Å². The molecular formula is C19H31N5O4. The Bertz CT molecular complexity index is 620. The van der Waals surface area contributed by atoms with E-state index >= 15 is 0 Å². The van der Waals surface area contributed by atoms with Gasteiger partial charge < -0.3 is 25.4 Å². The smallest absolute Gasteiger partial charge is 0.292 e. The number of hydrogen-bond donors (Lipinski definition) is 3. The molecule has 0 aliphatic carbocycles. The molecule has 1 saturated heterocycles. The van der Waals surface area contributed by atoms with Crippen LogP contribution in [0.15, 0.2) is 29.3 Å². The Morgan fingerprint density at radius 1 is 1.25 bits per heavy atom. The van der Waals surface area contributed by atoms with E-state index in [1.807, 2.05) is 0 Å². The number of nitro benzene ring substituents is 1. The number of ether oxygens (including phenoxy) is 2. The van der Waals surface area contributed by atoms with E-state index < -0.39 is 0 Å². The zero-order valence-electron chi connectivity index (χ0n) is 16.5. The molecule has 0 amide bonds. The Morgan fingerprint density at radius 3 is 2.75 bits per heavy atom. The molecule has 1 aromatic carbocycles. The van der Waals surface area contributed by atoms with Gasteiger partial charge in [0, 0.05) is 59.2 Å². The van der Waals surface area contributed by atoms with Gasteiger partial charge in [0.1, 0.15) is 5.69 Å². The van der Waals surface area contributed by atoms with Gasteiger partial charge in [-0.25, -0.2) is 0 Å². The van der Waals surface area contributed by atoms with Crippen molar-refractivity contribution in [3.05, 3.63) is 34.4 Å². The van der Waals surface area contributed by atoms with Gasteiger partial charge in [-0.2, -0.15) is 0 Å². The first-order valence-corrected chi connectivity index (χ1v) is 9.78. The first kappa shape index (κ1) is 21.9. The van der Waals surface area contributed by atoms with Crippen LogP contribution in [-0.2, 0) is 9.47 Å². The molecule has 1 aliphatic heterocycles. The van der Waals surface area contributed by atoms with E-state index in [2.05, 4.69) is 20.9 Å². The van der Waals surface area contributed by atoms with Crippen molar-refractivity contribution in [3.8, 4) is 0 Å². The van der Waals surface area contributed by atoms with Crippen LogP contribution in [0.1, 0.15) is 19.3 Å². The van der Waals surface area contributed by atoms with E-state index in [4.69, 9.17) is 9.47 Å².